The van der Waals surface area contributed by atoms with Crippen LogP contribution in [0.3, 0.4) is 0 Å². The molecular weight excluding hydrogens is 194 g/mol. The Morgan fingerprint density at radius 1 is 1.00 bits per heavy atom. The van der Waals surface area contributed by atoms with E-state index in [9.17, 15) is 0 Å². The second-order valence-corrected chi connectivity index (χ2v) is 6.41. The smallest absolute Gasteiger partial charge is 0.00672 e. The van der Waals surface area contributed by atoms with E-state index >= 15 is 0 Å². The molecule has 0 spiro atoms. The maximum Gasteiger partial charge on any atom is 0.00672 e. The van der Waals surface area contributed by atoms with Crippen LogP contribution in [-0.4, -0.2) is 6.04 Å². The second-order valence-electron chi connectivity index (χ2n) is 6.41. The first-order valence-electron chi connectivity index (χ1n) is 7.51. The topological polar surface area (TPSA) is 26.0 Å². The molecule has 1 heteroatoms. The van der Waals surface area contributed by atoms with E-state index in [0.717, 1.165) is 17.8 Å². The van der Waals surface area contributed by atoms with Gasteiger partial charge < -0.3 is 5.73 Å². The molecule has 2 fully saturated rings. The summed E-state index contributed by atoms with van der Waals surface area (Å²) < 4.78 is 0. The molecule has 0 saturated heterocycles. The zero-order chi connectivity index (χ0) is 11.4. The van der Waals surface area contributed by atoms with Crippen LogP contribution in [0.25, 0.3) is 0 Å². The Hall–Kier alpha value is -0.0400. The summed E-state index contributed by atoms with van der Waals surface area (Å²) in [5.74, 6) is 2.82. The molecule has 0 bridgehead atoms. The number of hydrogen-bond donors (Lipinski definition) is 1. The van der Waals surface area contributed by atoms with Crippen molar-refractivity contribution in [2.75, 3.05) is 0 Å². The summed E-state index contributed by atoms with van der Waals surface area (Å²) in [4.78, 5) is 0. The monoisotopic (exact) mass is 223 g/mol. The number of hydrogen-bond acceptors (Lipinski definition) is 1. The molecule has 0 aliphatic heterocycles. The van der Waals surface area contributed by atoms with Gasteiger partial charge in [-0.2, -0.15) is 0 Å². The van der Waals surface area contributed by atoms with E-state index in [-0.39, 0.29) is 0 Å². The van der Waals surface area contributed by atoms with E-state index in [0.29, 0.717) is 6.04 Å². The third-order valence-electron chi connectivity index (χ3n) is 5.05. The summed E-state index contributed by atoms with van der Waals surface area (Å²) in [5.41, 5.74) is 6.37. The Balaban J connectivity index is 1.64. The van der Waals surface area contributed by atoms with Gasteiger partial charge in [0, 0.05) is 6.04 Å². The van der Waals surface area contributed by atoms with Crippen molar-refractivity contribution in [3.63, 3.8) is 0 Å². The summed E-state index contributed by atoms with van der Waals surface area (Å²) >= 11 is 0. The third kappa shape index (κ3) is 3.48. The Labute approximate surface area is 101 Å². The highest BCUT2D eigenvalue weighted by Gasteiger charge is 2.24. The summed E-state index contributed by atoms with van der Waals surface area (Å²) in [6.45, 7) is 2.39. The van der Waals surface area contributed by atoms with Crippen LogP contribution in [0, 0.1) is 17.8 Å². The fourth-order valence-corrected chi connectivity index (χ4v) is 3.68. The minimum atomic E-state index is 0.507. The summed E-state index contributed by atoms with van der Waals surface area (Å²) in [5, 5.41) is 0. The average Bonchev–Trinajstić information content (AvgIpc) is 2.80. The van der Waals surface area contributed by atoms with Crippen LogP contribution in [0.1, 0.15) is 71.1 Å². The van der Waals surface area contributed by atoms with Gasteiger partial charge in [0.1, 0.15) is 0 Å². The van der Waals surface area contributed by atoms with Crippen molar-refractivity contribution in [3.05, 3.63) is 0 Å². The van der Waals surface area contributed by atoms with Crippen molar-refractivity contribution in [2.24, 2.45) is 23.5 Å². The molecule has 0 amide bonds. The second kappa shape index (κ2) is 6.05. The molecule has 0 radical (unpaired) electrons. The van der Waals surface area contributed by atoms with E-state index in [1.54, 1.807) is 0 Å². The van der Waals surface area contributed by atoms with Crippen molar-refractivity contribution in [2.45, 2.75) is 77.2 Å². The minimum absolute atomic E-state index is 0.507. The van der Waals surface area contributed by atoms with E-state index in [1.807, 2.05) is 0 Å². The lowest BCUT2D eigenvalue weighted by atomic mass is 9.78. The molecule has 16 heavy (non-hydrogen) atoms. The molecule has 1 unspecified atom stereocenters. The summed E-state index contributed by atoms with van der Waals surface area (Å²) in [6.07, 6.45) is 14.2. The van der Waals surface area contributed by atoms with Crippen molar-refractivity contribution in [3.8, 4) is 0 Å². The van der Waals surface area contributed by atoms with Crippen LogP contribution >= 0.6 is 0 Å². The molecule has 2 aliphatic rings. The van der Waals surface area contributed by atoms with Gasteiger partial charge >= 0.3 is 0 Å². The fourth-order valence-electron chi connectivity index (χ4n) is 3.68. The maximum absolute atomic E-state index is 6.37. The standard InChI is InChI=1S/C15H29N/c1-12-6-9-14(10-7-12)15(16)11-8-13-4-2-3-5-13/h12-15H,2-11,16H2,1H3. The first kappa shape index (κ1) is 12.4. The van der Waals surface area contributed by atoms with Crippen LogP contribution in [0.5, 0.6) is 0 Å². The largest absolute Gasteiger partial charge is 0.327 e. The Bertz CT molecular complexity index is 188. The molecule has 1 nitrogen and oxygen atoms in total. The quantitative estimate of drug-likeness (QED) is 0.762. The van der Waals surface area contributed by atoms with Gasteiger partial charge in [-0.25, -0.2) is 0 Å². The number of nitrogens with two attached hydrogens (primary N) is 1. The zero-order valence-electron chi connectivity index (χ0n) is 11.0. The van der Waals surface area contributed by atoms with Gasteiger partial charge in [0.15, 0.2) is 0 Å². The van der Waals surface area contributed by atoms with Crippen molar-refractivity contribution >= 4 is 0 Å². The maximum atomic E-state index is 6.37. The van der Waals surface area contributed by atoms with Gasteiger partial charge in [-0.05, 0) is 43.4 Å². The van der Waals surface area contributed by atoms with Crippen LogP contribution in [0.15, 0.2) is 0 Å². The van der Waals surface area contributed by atoms with Gasteiger partial charge in [-0.15, -0.1) is 0 Å². The molecule has 2 N–H and O–H groups in total. The van der Waals surface area contributed by atoms with Gasteiger partial charge in [-0.1, -0.05) is 45.4 Å². The van der Waals surface area contributed by atoms with Crippen LogP contribution in [-0.2, 0) is 0 Å². The highest BCUT2D eigenvalue weighted by Crippen LogP contribution is 2.33. The zero-order valence-corrected chi connectivity index (χ0v) is 11.0. The SMILES string of the molecule is CC1CCC(C(N)CCC2CCCC2)CC1. The Kier molecular flexibility index (Phi) is 4.69. The van der Waals surface area contributed by atoms with Gasteiger partial charge in [0.25, 0.3) is 0 Å². The summed E-state index contributed by atoms with van der Waals surface area (Å²) in [6, 6.07) is 0.507. The Morgan fingerprint density at radius 3 is 2.25 bits per heavy atom. The average molecular weight is 223 g/mol. The lowest BCUT2D eigenvalue weighted by Gasteiger charge is -2.31. The molecule has 1 atom stereocenters. The summed E-state index contributed by atoms with van der Waals surface area (Å²) in [7, 11) is 0. The first-order valence-corrected chi connectivity index (χ1v) is 7.51. The Morgan fingerprint density at radius 2 is 1.62 bits per heavy atom. The van der Waals surface area contributed by atoms with Crippen molar-refractivity contribution in [1.82, 2.24) is 0 Å². The van der Waals surface area contributed by atoms with E-state index < -0.39 is 0 Å². The van der Waals surface area contributed by atoms with Crippen molar-refractivity contribution < 1.29 is 0 Å². The predicted molar refractivity (Wildman–Crippen MR) is 70.3 cm³/mol. The van der Waals surface area contributed by atoms with Gasteiger partial charge in [0.2, 0.25) is 0 Å². The highest BCUT2D eigenvalue weighted by molar-refractivity contribution is 4.80. The molecule has 2 saturated carbocycles. The van der Waals surface area contributed by atoms with E-state index in [4.69, 9.17) is 5.73 Å². The lowest BCUT2D eigenvalue weighted by Crippen LogP contribution is -2.33. The highest BCUT2D eigenvalue weighted by atomic mass is 14.6. The van der Waals surface area contributed by atoms with Crippen molar-refractivity contribution in [1.29, 1.82) is 0 Å². The van der Waals surface area contributed by atoms with Crippen LogP contribution in [0.4, 0.5) is 0 Å². The van der Waals surface area contributed by atoms with E-state index in [2.05, 4.69) is 6.92 Å². The normalized spacial score (nSPS) is 34.1. The van der Waals surface area contributed by atoms with Gasteiger partial charge in [0.05, 0.1) is 0 Å². The first-order chi connectivity index (χ1) is 7.75. The molecule has 2 aliphatic carbocycles. The fraction of sp³-hybridized carbons (Fsp3) is 1.00. The number of rotatable bonds is 4. The van der Waals surface area contributed by atoms with Crippen LogP contribution in [0.2, 0.25) is 0 Å². The lowest BCUT2D eigenvalue weighted by molar-refractivity contribution is 0.240. The molecule has 0 aromatic rings. The molecular formula is C15H29N. The minimum Gasteiger partial charge on any atom is -0.327 e. The molecule has 2 rings (SSSR count). The van der Waals surface area contributed by atoms with Gasteiger partial charge in [-0.3, -0.25) is 0 Å². The predicted octanol–water partition coefficient (Wildman–Crippen LogP) is 4.11. The molecule has 0 heterocycles. The molecule has 0 aromatic carbocycles. The molecule has 0 aromatic heterocycles. The van der Waals surface area contributed by atoms with Crippen LogP contribution < -0.4 is 5.73 Å². The molecule has 94 valence electrons. The third-order valence-corrected chi connectivity index (χ3v) is 5.05. The van der Waals surface area contributed by atoms with E-state index in [1.165, 1.54) is 64.2 Å².